The number of nitrogens with zero attached hydrogens (tertiary/aromatic N) is 3. The Morgan fingerprint density at radius 2 is 1.57 bits per heavy atom. The van der Waals surface area contributed by atoms with Crippen molar-refractivity contribution < 1.29 is 24.2 Å². The fourth-order valence-corrected chi connectivity index (χ4v) is 8.41. The molecule has 270 valence electrons. The van der Waals surface area contributed by atoms with Gasteiger partial charge in [-0.1, -0.05) is 68.7 Å². The standard InChI is InChI=1S/C42H52N4O5/c1-3-28-4-10-31(11-5-28)32-14-16-33(17-15-32)36-24-43-41(44-25-36)34-12-6-30(7-13-34)26-46(27-40(48)49)42(50)35-18-19-37(23-35)45-39(47)22-29-8-20-38(51-2)21-9-29/h6-9,12-13,16,20-21,24-25,28,31-32,35,37H,3-5,10-11,14-15,17-19,22-23,26-27H2,1-2H3,(H,45,47)(H,48,49)/t28?,31?,32?,35?,37-/m1/s1. The zero-order valence-electron chi connectivity index (χ0n) is 30.1. The van der Waals surface area contributed by atoms with E-state index in [2.05, 4.69) is 28.3 Å². The lowest BCUT2D eigenvalue weighted by Crippen LogP contribution is -2.39. The van der Waals surface area contributed by atoms with Crippen molar-refractivity contribution in [2.45, 2.75) is 96.6 Å². The van der Waals surface area contributed by atoms with Crippen LogP contribution in [-0.4, -0.2) is 57.5 Å². The number of aliphatic carboxylic acids is 1. The molecule has 2 fully saturated rings. The van der Waals surface area contributed by atoms with Crippen LogP contribution in [0.1, 0.15) is 94.2 Å². The summed E-state index contributed by atoms with van der Waals surface area (Å²) in [6, 6.07) is 14.9. The molecule has 51 heavy (non-hydrogen) atoms. The topological polar surface area (TPSA) is 122 Å². The van der Waals surface area contributed by atoms with Crippen LogP contribution in [0.4, 0.5) is 0 Å². The van der Waals surface area contributed by atoms with E-state index in [4.69, 9.17) is 4.74 Å². The summed E-state index contributed by atoms with van der Waals surface area (Å²) in [4.78, 5) is 48.8. The SMILES string of the molecule is CCC1CCC(C2CC=C(c3cnc(-c4ccc(CN(CC(=O)O)C(=O)C5CC[C@@H](NC(=O)Cc6ccc(OC)cc6)C5)cc4)nc3)CC2)CC1. The van der Waals surface area contributed by atoms with Crippen molar-refractivity contribution in [1.29, 1.82) is 0 Å². The molecule has 0 spiro atoms. The zero-order chi connectivity index (χ0) is 35.7. The number of rotatable bonds is 13. The van der Waals surface area contributed by atoms with E-state index in [1.165, 1.54) is 49.0 Å². The lowest BCUT2D eigenvalue weighted by Gasteiger charge is -2.35. The minimum absolute atomic E-state index is 0.0986. The maximum Gasteiger partial charge on any atom is 0.323 e. The number of allylic oxidation sites excluding steroid dienone is 2. The second-order valence-corrected chi connectivity index (χ2v) is 14.8. The van der Waals surface area contributed by atoms with Gasteiger partial charge >= 0.3 is 5.97 Å². The largest absolute Gasteiger partial charge is 0.497 e. The maximum atomic E-state index is 13.6. The Balaban J connectivity index is 1.00. The highest BCUT2D eigenvalue weighted by atomic mass is 16.5. The predicted octanol–water partition coefficient (Wildman–Crippen LogP) is 7.49. The Kier molecular flexibility index (Phi) is 12.2. The maximum absolute atomic E-state index is 13.6. The number of amides is 2. The number of benzene rings is 2. The number of hydrogen-bond donors (Lipinski definition) is 2. The number of carbonyl (C=O) groups is 3. The van der Waals surface area contributed by atoms with Crippen molar-refractivity contribution in [3.05, 3.63) is 83.7 Å². The van der Waals surface area contributed by atoms with E-state index in [1.54, 1.807) is 7.11 Å². The first kappa shape index (κ1) is 36.3. The number of methoxy groups -OCH3 is 1. The highest BCUT2D eigenvalue weighted by Crippen LogP contribution is 2.41. The fourth-order valence-electron chi connectivity index (χ4n) is 8.41. The van der Waals surface area contributed by atoms with Gasteiger partial charge in [-0.15, -0.1) is 0 Å². The van der Waals surface area contributed by atoms with Crippen LogP contribution in [0.15, 0.2) is 67.0 Å². The molecule has 9 heteroatoms. The molecular weight excluding hydrogens is 640 g/mol. The van der Waals surface area contributed by atoms with E-state index in [0.29, 0.717) is 25.1 Å². The third-order valence-electron chi connectivity index (χ3n) is 11.5. The van der Waals surface area contributed by atoms with Crippen molar-refractivity contribution in [3.8, 4) is 17.1 Å². The third-order valence-corrected chi connectivity index (χ3v) is 11.5. The molecule has 2 aromatic carbocycles. The van der Waals surface area contributed by atoms with Crippen LogP contribution < -0.4 is 10.1 Å². The van der Waals surface area contributed by atoms with E-state index in [-0.39, 0.29) is 43.3 Å². The number of carboxylic acids is 1. The Morgan fingerprint density at radius 1 is 0.863 bits per heavy atom. The minimum Gasteiger partial charge on any atom is -0.497 e. The second-order valence-electron chi connectivity index (χ2n) is 14.8. The molecule has 0 radical (unpaired) electrons. The molecule has 1 heterocycles. The van der Waals surface area contributed by atoms with Crippen LogP contribution >= 0.6 is 0 Å². The van der Waals surface area contributed by atoms with Gasteiger partial charge in [-0.3, -0.25) is 14.4 Å². The van der Waals surface area contributed by atoms with E-state index in [1.807, 2.05) is 60.9 Å². The quantitative estimate of drug-likeness (QED) is 0.190. The molecule has 0 saturated heterocycles. The highest BCUT2D eigenvalue weighted by molar-refractivity contribution is 5.84. The molecule has 3 aromatic rings. The normalized spacial score (nSPS) is 23.3. The van der Waals surface area contributed by atoms with Gasteiger partial charge in [0.05, 0.1) is 13.5 Å². The Labute approximate surface area is 301 Å². The van der Waals surface area contributed by atoms with Gasteiger partial charge in [0, 0.05) is 42.0 Å². The third kappa shape index (κ3) is 9.63. The van der Waals surface area contributed by atoms with E-state index in [9.17, 15) is 19.5 Å². The van der Waals surface area contributed by atoms with Gasteiger partial charge in [-0.2, -0.15) is 0 Å². The summed E-state index contributed by atoms with van der Waals surface area (Å²) in [6.07, 6.45) is 18.7. The zero-order valence-corrected chi connectivity index (χ0v) is 30.1. The van der Waals surface area contributed by atoms with Crippen molar-refractivity contribution in [2.75, 3.05) is 13.7 Å². The molecule has 3 atom stereocenters. The van der Waals surface area contributed by atoms with E-state index >= 15 is 0 Å². The van der Waals surface area contributed by atoms with Gasteiger partial charge in [0.25, 0.3) is 0 Å². The summed E-state index contributed by atoms with van der Waals surface area (Å²) in [5.74, 6) is 2.31. The van der Waals surface area contributed by atoms with Crippen LogP contribution in [0.2, 0.25) is 0 Å². The monoisotopic (exact) mass is 692 g/mol. The molecule has 3 aliphatic rings. The van der Waals surface area contributed by atoms with Crippen LogP contribution in [0.5, 0.6) is 5.75 Å². The summed E-state index contributed by atoms with van der Waals surface area (Å²) in [5, 5.41) is 12.7. The average molecular weight is 693 g/mol. The van der Waals surface area contributed by atoms with Crippen LogP contribution in [0.25, 0.3) is 17.0 Å². The number of aromatic nitrogens is 2. The second kappa shape index (κ2) is 17.1. The first-order chi connectivity index (χ1) is 24.8. The molecule has 2 unspecified atom stereocenters. The molecule has 0 aliphatic heterocycles. The molecular formula is C42H52N4O5. The number of hydrogen-bond acceptors (Lipinski definition) is 6. The molecule has 9 nitrogen and oxygen atoms in total. The van der Waals surface area contributed by atoms with Crippen molar-refractivity contribution >= 4 is 23.4 Å². The van der Waals surface area contributed by atoms with E-state index < -0.39 is 5.97 Å². The molecule has 1 aromatic heterocycles. The lowest BCUT2D eigenvalue weighted by molar-refractivity contribution is -0.146. The van der Waals surface area contributed by atoms with Crippen molar-refractivity contribution in [2.24, 2.45) is 23.7 Å². The van der Waals surface area contributed by atoms with Gasteiger partial charge in [-0.25, -0.2) is 9.97 Å². The summed E-state index contributed by atoms with van der Waals surface area (Å²) in [7, 11) is 1.60. The first-order valence-electron chi connectivity index (χ1n) is 18.8. The summed E-state index contributed by atoms with van der Waals surface area (Å²) in [6.45, 7) is 2.13. The fraction of sp³-hybridized carbons (Fsp3) is 0.500. The van der Waals surface area contributed by atoms with Gasteiger partial charge in [0.1, 0.15) is 12.3 Å². The molecule has 0 bridgehead atoms. The van der Waals surface area contributed by atoms with Crippen molar-refractivity contribution in [3.63, 3.8) is 0 Å². The van der Waals surface area contributed by atoms with Gasteiger partial charge in [-0.05, 0) is 98.0 Å². The molecule has 6 rings (SSSR count). The van der Waals surface area contributed by atoms with Crippen LogP contribution in [-0.2, 0) is 27.3 Å². The van der Waals surface area contributed by atoms with Crippen LogP contribution in [0, 0.1) is 23.7 Å². The van der Waals surface area contributed by atoms with Gasteiger partial charge < -0.3 is 20.1 Å². The predicted molar refractivity (Wildman–Crippen MR) is 198 cm³/mol. The molecule has 2 N–H and O–H groups in total. The molecule has 2 amide bonds. The molecule has 2 saturated carbocycles. The average Bonchev–Trinajstić information content (AvgIpc) is 3.63. The van der Waals surface area contributed by atoms with E-state index in [0.717, 1.165) is 58.6 Å². The summed E-state index contributed by atoms with van der Waals surface area (Å²) >= 11 is 0. The van der Waals surface area contributed by atoms with Gasteiger partial charge in [0.2, 0.25) is 11.8 Å². The van der Waals surface area contributed by atoms with Crippen LogP contribution in [0.3, 0.4) is 0 Å². The summed E-state index contributed by atoms with van der Waals surface area (Å²) in [5.41, 5.74) is 5.02. The molecule has 3 aliphatic carbocycles. The minimum atomic E-state index is -1.06. The first-order valence-corrected chi connectivity index (χ1v) is 18.8. The number of carboxylic acid groups (broad SMARTS) is 1. The Bertz CT molecular complexity index is 1660. The number of nitrogens with one attached hydrogen (secondary N) is 1. The van der Waals surface area contributed by atoms with Gasteiger partial charge in [0.15, 0.2) is 5.82 Å². The Morgan fingerprint density at radius 3 is 2.20 bits per heavy atom. The smallest absolute Gasteiger partial charge is 0.323 e. The number of carbonyl (C=O) groups excluding carboxylic acids is 2. The highest BCUT2D eigenvalue weighted by Gasteiger charge is 2.34. The Hall–Kier alpha value is -4.53. The lowest BCUT2D eigenvalue weighted by atomic mass is 9.71. The summed E-state index contributed by atoms with van der Waals surface area (Å²) < 4.78 is 5.18. The van der Waals surface area contributed by atoms with Crippen molar-refractivity contribution in [1.82, 2.24) is 20.2 Å². The number of ether oxygens (including phenoxy) is 1.